The van der Waals surface area contributed by atoms with Crippen molar-refractivity contribution in [2.45, 2.75) is 6.42 Å². The van der Waals surface area contributed by atoms with Gasteiger partial charge in [0.2, 0.25) is 11.9 Å². The highest BCUT2D eigenvalue weighted by Crippen LogP contribution is 2.25. The van der Waals surface area contributed by atoms with E-state index >= 15 is 0 Å². The SMILES string of the molecule is O=C1CC(CCl)CN1c1nc2ccccc2[nH]1. The normalized spacial score (nSPS) is 20.4. The van der Waals surface area contributed by atoms with E-state index in [1.165, 1.54) is 0 Å². The number of anilines is 1. The maximum absolute atomic E-state index is 11.8. The van der Waals surface area contributed by atoms with Gasteiger partial charge in [-0.25, -0.2) is 4.98 Å². The first-order chi connectivity index (χ1) is 8.28. The molecule has 1 aliphatic heterocycles. The number of H-pyrrole nitrogens is 1. The van der Waals surface area contributed by atoms with Crippen LogP contribution in [0, 0.1) is 5.92 Å². The molecule has 1 aromatic carbocycles. The number of imidazole rings is 1. The number of amides is 1. The number of para-hydroxylation sites is 2. The third-order valence-electron chi connectivity index (χ3n) is 3.06. The number of fused-ring (bicyclic) bond motifs is 1. The van der Waals surface area contributed by atoms with Gasteiger partial charge in [0, 0.05) is 18.8 Å². The van der Waals surface area contributed by atoms with E-state index in [0.717, 1.165) is 11.0 Å². The van der Waals surface area contributed by atoms with Gasteiger partial charge in [0.1, 0.15) is 0 Å². The molecule has 1 N–H and O–H groups in total. The van der Waals surface area contributed by atoms with Crippen molar-refractivity contribution in [3.05, 3.63) is 24.3 Å². The number of aromatic nitrogens is 2. The topological polar surface area (TPSA) is 49.0 Å². The summed E-state index contributed by atoms with van der Waals surface area (Å²) in [5.41, 5.74) is 1.83. The van der Waals surface area contributed by atoms with Crippen LogP contribution in [0.25, 0.3) is 11.0 Å². The zero-order valence-corrected chi connectivity index (χ0v) is 9.94. The average Bonchev–Trinajstić information content (AvgIpc) is 2.91. The van der Waals surface area contributed by atoms with Gasteiger partial charge in [0.25, 0.3) is 0 Å². The Bertz CT molecular complexity index is 533. The molecule has 0 spiro atoms. The van der Waals surface area contributed by atoms with Crippen molar-refractivity contribution in [2.24, 2.45) is 5.92 Å². The average molecular weight is 250 g/mol. The molecule has 1 fully saturated rings. The van der Waals surface area contributed by atoms with Gasteiger partial charge in [-0.2, -0.15) is 0 Å². The molecule has 2 aromatic rings. The first-order valence-corrected chi connectivity index (χ1v) is 6.12. The Kier molecular flexibility index (Phi) is 2.52. The summed E-state index contributed by atoms with van der Waals surface area (Å²) < 4.78 is 0. The van der Waals surface area contributed by atoms with Gasteiger partial charge in [0.15, 0.2) is 0 Å². The number of hydrogen-bond donors (Lipinski definition) is 1. The lowest BCUT2D eigenvalue weighted by Crippen LogP contribution is -2.25. The molecule has 0 aliphatic carbocycles. The number of halogens is 1. The van der Waals surface area contributed by atoms with Crippen LogP contribution >= 0.6 is 11.6 Å². The van der Waals surface area contributed by atoms with Crippen LogP contribution in [0.3, 0.4) is 0 Å². The maximum Gasteiger partial charge on any atom is 0.229 e. The largest absolute Gasteiger partial charge is 0.324 e. The van der Waals surface area contributed by atoms with Crippen LogP contribution in [-0.2, 0) is 4.79 Å². The standard InChI is InChI=1S/C12H12ClN3O/c13-6-8-5-11(17)16(7-8)12-14-9-3-1-2-4-10(9)15-12/h1-4,8H,5-7H2,(H,14,15). The Morgan fingerprint density at radius 1 is 1.47 bits per heavy atom. The molecule has 5 heteroatoms. The van der Waals surface area contributed by atoms with E-state index in [4.69, 9.17) is 11.6 Å². The lowest BCUT2D eigenvalue weighted by atomic mass is 10.2. The zero-order chi connectivity index (χ0) is 11.8. The van der Waals surface area contributed by atoms with E-state index in [1.54, 1.807) is 4.90 Å². The minimum absolute atomic E-state index is 0.0923. The highest BCUT2D eigenvalue weighted by Gasteiger charge is 2.31. The van der Waals surface area contributed by atoms with Crippen molar-refractivity contribution in [1.29, 1.82) is 0 Å². The third-order valence-corrected chi connectivity index (χ3v) is 3.49. The highest BCUT2D eigenvalue weighted by molar-refractivity contribution is 6.18. The molecule has 3 rings (SSSR count). The smallest absolute Gasteiger partial charge is 0.229 e. The number of alkyl halides is 1. The molecule has 0 bridgehead atoms. The second-order valence-corrected chi connectivity index (χ2v) is 4.61. The summed E-state index contributed by atoms with van der Waals surface area (Å²) in [6.07, 6.45) is 0.514. The number of nitrogens with one attached hydrogen (secondary N) is 1. The van der Waals surface area contributed by atoms with Crippen LogP contribution in [-0.4, -0.2) is 28.3 Å². The number of carbonyl (C=O) groups excluding carboxylic acids is 1. The number of rotatable bonds is 2. The number of aromatic amines is 1. The van der Waals surface area contributed by atoms with Crippen LogP contribution < -0.4 is 4.90 Å². The Hall–Kier alpha value is -1.55. The summed E-state index contributed by atoms with van der Waals surface area (Å²) in [5.74, 6) is 1.47. The summed E-state index contributed by atoms with van der Waals surface area (Å²) in [6, 6.07) is 7.75. The van der Waals surface area contributed by atoms with Gasteiger partial charge < -0.3 is 4.98 Å². The molecule has 1 aliphatic rings. The van der Waals surface area contributed by atoms with Gasteiger partial charge in [-0.1, -0.05) is 12.1 Å². The first kappa shape index (κ1) is 10.6. The molecule has 0 saturated carbocycles. The molecule has 1 atom stereocenters. The fraction of sp³-hybridized carbons (Fsp3) is 0.333. The monoisotopic (exact) mass is 249 g/mol. The molecule has 1 unspecified atom stereocenters. The van der Waals surface area contributed by atoms with Gasteiger partial charge in [0.05, 0.1) is 11.0 Å². The molecule has 4 nitrogen and oxygen atoms in total. The molecule has 88 valence electrons. The van der Waals surface area contributed by atoms with Crippen LogP contribution in [0.5, 0.6) is 0 Å². The van der Waals surface area contributed by atoms with E-state index in [-0.39, 0.29) is 11.8 Å². The minimum Gasteiger partial charge on any atom is -0.324 e. The van der Waals surface area contributed by atoms with Gasteiger partial charge in [-0.3, -0.25) is 9.69 Å². The highest BCUT2D eigenvalue weighted by atomic mass is 35.5. The maximum atomic E-state index is 11.8. The Morgan fingerprint density at radius 3 is 3.00 bits per heavy atom. The van der Waals surface area contributed by atoms with E-state index in [2.05, 4.69) is 9.97 Å². The van der Waals surface area contributed by atoms with Crippen LogP contribution in [0.4, 0.5) is 5.95 Å². The van der Waals surface area contributed by atoms with Crippen molar-refractivity contribution in [2.75, 3.05) is 17.3 Å². The Labute approximate surface area is 104 Å². The van der Waals surface area contributed by atoms with Crippen molar-refractivity contribution >= 4 is 34.5 Å². The fourth-order valence-electron chi connectivity index (χ4n) is 2.16. The minimum atomic E-state index is 0.0923. The predicted molar refractivity (Wildman–Crippen MR) is 67.3 cm³/mol. The van der Waals surface area contributed by atoms with Crippen LogP contribution in [0.1, 0.15) is 6.42 Å². The van der Waals surface area contributed by atoms with E-state index in [1.807, 2.05) is 24.3 Å². The molecule has 1 aromatic heterocycles. The lowest BCUT2D eigenvalue weighted by molar-refractivity contribution is -0.117. The third kappa shape index (κ3) is 1.78. The predicted octanol–water partition coefficient (Wildman–Crippen LogP) is 2.15. The fourth-order valence-corrected chi connectivity index (χ4v) is 2.36. The summed E-state index contributed by atoms with van der Waals surface area (Å²) >= 11 is 5.80. The summed E-state index contributed by atoms with van der Waals surface area (Å²) in [7, 11) is 0. The Morgan fingerprint density at radius 2 is 2.29 bits per heavy atom. The van der Waals surface area contributed by atoms with Crippen LogP contribution in [0.2, 0.25) is 0 Å². The summed E-state index contributed by atoms with van der Waals surface area (Å²) in [5, 5.41) is 0. The van der Waals surface area contributed by atoms with Crippen molar-refractivity contribution in [3.63, 3.8) is 0 Å². The molecule has 17 heavy (non-hydrogen) atoms. The first-order valence-electron chi connectivity index (χ1n) is 5.59. The molecule has 1 amide bonds. The van der Waals surface area contributed by atoms with Gasteiger partial charge in [-0.05, 0) is 18.1 Å². The number of hydrogen-bond acceptors (Lipinski definition) is 2. The molecule has 0 radical (unpaired) electrons. The summed E-state index contributed by atoms with van der Waals surface area (Å²) in [6.45, 7) is 0.655. The molecular weight excluding hydrogens is 238 g/mol. The second-order valence-electron chi connectivity index (χ2n) is 4.31. The zero-order valence-electron chi connectivity index (χ0n) is 9.19. The second kappa shape index (κ2) is 4.04. The Balaban J connectivity index is 1.96. The van der Waals surface area contributed by atoms with Crippen molar-refractivity contribution in [3.8, 4) is 0 Å². The van der Waals surface area contributed by atoms with Crippen LogP contribution in [0.15, 0.2) is 24.3 Å². The van der Waals surface area contributed by atoms with Crippen molar-refractivity contribution < 1.29 is 4.79 Å². The quantitative estimate of drug-likeness (QED) is 0.829. The lowest BCUT2D eigenvalue weighted by Gasteiger charge is -2.11. The number of nitrogens with zero attached hydrogens (tertiary/aromatic N) is 2. The van der Waals surface area contributed by atoms with E-state index in [0.29, 0.717) is 24.8 Å². The van der Waals surface area contributed by atoms with E-state index < -0.39 is 0 Å². The molecular formula is C12H12ClN3O. The number of benzene rings is 1. The van der Waals surface area contributed by atoms with E-state index in [9.17, 15) is 4.79 Å². The number of carbonyl (C=O) groups is 1. The summed E-state index contributed by atoms with van der Waals surface area (Å²) in [4.78, 5) is 21.1. The molecule has 1 saturated heterocycles. The molecule has 2 heterocycles. The van der Waals surface area contributed by atoms with Gasteiger partial charge in [-0.15, -0.1) is 11.6 Å². The van der Waals surface area contributed by atoms with Crippen molar-refractivity contribution in [1.82, 2.24) is 9.97 Å². The van der Waals surface area contributed by atoms with Gasteiger partial charge >= 0.3 is 0 Å².